The van der Waals surface area contributed by atoms with Crippen LogP contribution in [0.3, 0.4) is 0 Å². The van der Waals surface area contributed by atoms with E-state index in [9.17, 15) is 18.0 Å². The molecule has 1 aliphatic carbocycles. The molecule has 4 rings (SSSR count). The SMILES string of the molecule is CCCCN1CCN(CCOc2ccc(NC(=O)Nc3cc(C(C)(C)C)cc(CN[SH](=O)=O)c3OC)c3c2CCC3)CC1=O. The number of hydrogen-bond donors (Lipinski definition) is 4. The highest BCUT2D eigenvalue weighted by molar-refractivity contribution is 7.70. The lowest BCUT2D eigenvalue weighted by molar-refractivity contribution is -0.136. The molecule has 0 aromatic heterocycles. The minimum absolute atomic E-state index is 0.0442. The molecule has 2 aliphatic rings. The van der Waals surface area contributed by atoms with E-state index in [1.54, 1.807) is 0 Å². The monoisotopic (exact) mass is 629 g/mol. The van der Waals surface area contributed by atoms with Gasteiger partial charge in [-0.1, -0.05) is 40.2 Å². The predicted octanol–water partition coefficient (Wildman–Crippen LogP) is 4.06. The number of unbranched alkanes of at least 4 members (excludes halogenated alkanes) is 1. The lowest BCUT2D eigenvalue weighted by atomic mass is 9.85. The van der Waals surface area contributed by atoms with Crippen molar-refractivity contribution in [3.63, 3.8) is 0 Å². The first-order valence-electron chi connectivity index (χ1n) is 15.4. The fourth-order valence-corrected chi connectivity index (χ4v) is 6.06. The number of urea groups is 1. The van der Waals surface area contributed by atoms with E-state index >= 15 is 0 Å². The number of anilines is 2. The number of thiol groups is 1. The minimum atomic E-state index is -2.79. The molecule has 0 bridgehead atoms. The molecule has 3 N–H and O–H groups in total. The number of benzene rings is 2. The lowest BCUT2D eigenvalue weighted by Crippen LogP contribution is -2.51. The Morgan fingerprint density at radius 1 is 1.02 bits per heavy atom. The summed E-state index contributed by atoms with van der Waals surface area (Å²) in [6.07, 6.45) is 4.80. The largest absolute Gasteiger partial charge is 0.494 e. The van der Waals surface area contributed by atoms with Gasteiger partial charge in [-0.25, -0.2) is 17.9 Å². The van der Waals surface area contributed by atoms with E-state index in [1.165, 1.54) is 7.11 Å². The van der Waals surface area contributed by atoms with E-state index in [1.807, 2.05) is 49.9 Å². The molecule has 1 aliphatic heterocycles. The third-order valence-corrected chi connectivity index (χ3v) is 8.63. The van der Waals surface area contributed by atoms with E-state index in [4.69, 9.17) is 9.47 Å². The van der Waals surface area contributed by atoms with Gasteiger partial charge in [-0.2, -0.15) is 0 Å². The number of rotatable bonds is 13. The van der Waals surface area contributed by atoms with Crippen LogP contribution in [-0.2, 0) is 40.5 Å². The molecular weight excluding hydrogens is 582 g/mol. The molecule has 11 nitrogen and oxygen atoms in total. The van der Waals surface area contributed by atoms with Crippen LogP contribution in [0.5, 0.6) is 11.5 Å². The first kappa shape index (κ1) is 33.5. The van der Waals surface area contributed by atoms with Crippen molar-refractivity contribution in [3.8, 4) is 11.5 Å². The summed E-state index contributed by atoms with van der Waals surface area (Å²) in [4.78, 5) is 29.9. The zero-order chi connectivity index (χ0) is 31.9. The Balaban J connectivity index is 1.41. The van der Waals surface area contributed by atoms with Gasteiger partial charge in [0, 0.05) is 44.0 Å². The van der Waals surface area contributed by atoms with Gasteiger partial charge in [0.25, 0.3) is 0 Å². The maximum Gasteiger partial charge on any atom is 0.323 e. The van der Waals surface area contributed by atoms with Gasteiger partial charge in [-0.3, -0.25) is 9.69 Å². The van der Waals surface area contributed by atoms with Gasteiger partial charge in [0.1, 0.15) is 18.1 Å². The number of amides is 3. The molecule has 1 heterocycles. The normalized spacial score (nSPS) is 15.4. The number of piperazine rings is 1. The number of nitrogens with one attached hydrogen (secondary N) is 3. The van der Waals surface area contributed by atoms with Crippen molar-refractivity contribution >= 4 is 34.2 Å². The quantitative estimate of drug-likeness (QED) is 0.246. The number of carbonyl (C=O) groups is 2. The third kappa shape index (κ3) is 8.64. The highest BCUT2D eigenvalue weighted by Gasteiger charge is 2.25. The summed E-state index contributed by atoms with van der Waals surface area (Å²) in [6, 6.07) is 7.11. The van der Waals surface area contributed by atoms with E-state index in [-0.39, 0.29) is 17.9 Å². The van der Waals surface area contributed by atoms with Crippen LogP contribution in [0, 0.1) is 0 Å². The highest BCUT2D eigenvalue weighted by atomic mass is 32.2. The number of hydrogen-bond acceptors (Lipinski definition) is 7. The maximum atomic E-state index is 13.3. The average molecular weight is 630 g/mol. The highest BCUT2D eigenvalue weighted by Crippen LogP contribution is 2.38. The number of fused-ring (bicyclic) bond motifs is 1. The van der Waals surface area contributed by atoms with E-state index in [2.05, 4.69) is 27.2 Å². The van der Waals surface area contributed by atoms with Crippen LogP contribution < -0.4 is 24.8 Å². The zero-order valence-electron chi connectivity index (χ0n) is 26.6. The van der Waals surface area contributed by atoms with Crippen molar-refractivity contribution in [2.45, 2.75) is 71.8 Å². The van der Waals surface area contributed by atoms with Crippen molar-refractivity contribution in [2.24, 2.45) is 0 Å². The second-order valence-corrected chi connectivity index (χ2v) is 13.2. The Kier molecular flexibility index (Phi) is 11.5. The topological polar surface area (TPSA) is 129 Å². The number of ether oxygens (including phenoxy) is 2. The molecule has 0 spiro atoms. The molecule has 2 aromatic carbocycles. The third-order valence-electron chi connectivity index (χ3n) is 8.22. The van der Waals surface area contributed by atoms with Crippen LogP contribution in [0.15, 0.2) is 24.3 Å². The second-order valence-electron chi connectivity index (χ2n) is 12.4. The molecule has 2 aromatic rings. The van der Waals surface area contributed by atoms with Gasteiger partial charge in [-0.05, 0) is 66.0 Å². The summed E-state index contributed by atoms with van der Waals surface area (Å²) in [5.41, 5.74) is 4.66. The van der Waals surface area contributed by atoms with Gasteiger partial charge in [0.2, 0.25) is 16.8 Å². The van der Waals surface area contributed by atoms with Gasteiger partial charge in [-0.15, -0.1) is 0 Å². The van der Waals surface area contributed by atoms with Crippen LogP contribution in [0.4, 0.5) is 16.2 Å². The van der Waals surface area contributed by atoms with Crippen LogP contribution in [0.1, 0.15) is 69.2 Å². The molecular formula is C32H47N5O6S. The van der Waals surface area contributed by atoms with Crippen molar-refractivity contribution in [2.75, 3.05) is 57.1 Å². The van der Waals surface area contributed by atoms with Crippen LogP contribution >= 0.6 is 0 Å². The number of methoxy groups -OCH3 is 1. The fraction of sp³-hybridized carbons (Fsp3) is 0.562. The Labute approximate surface area is 262 Å². The predicted molar refractivity (Wildman–Crippen MR) is 173 cm³/mol. The standard InChI is InChI=1S/C32H47N5O6S/c1-6-7-13-37-15-14-36(21-29(37)38)16-17-43-28-12-11-26(24-9-8-10-25(24)28)34-31(39)35-27-19-23(32(2,3)4)18-22(30(27)42-5)20-33-44(40)41/h11-12,18-19,44H,6-10,13-17,20-21H2,1-5H3,(H,33,40,41)(H2,34,35,39). The van der Waals surface area contributed by atoms with Gasteiger partial charge < -0.3 is 25.0 Å². The van der Waals surface area contributed by atoms with Crippen molar-refractivity contribution in [3.05, 3.63) is 46.5 Å². The molecule has 0 unspecified atom stereocenters. The summed E-state index contributed by atoms with van der Waals surface area (Å²) in [6.45, 7) is 12.4. The van der Waals surface area contributed by atoms with Crippen molar-refractivity contribution in [1.82, 2.24) is 14.5 Å². The van der Waals surface area contributed by atoms with Gasteiger partial charge in [0.05, 0.1) is 19.3 Å². The Bertz CT molecular complexity index is 1410. The second kappa shape index (κ2) is 15.1. The molecule has 1 fully saturated rings. The molecule has 0 saturated carbocycles. The van der Waals surface area contributed by atoms with Crippen LogP contribution in [-0.4, -0.2) is 76.6 Å². The molecule has 12 heteroatoms. The van der Waals surface area contributed by atoms with E-state index in [0.717, 1.165) is 79.9 Å². The smallest absolute Gasteiger partial charge is 0.323 e. The van der Waals surface area contributed by atoms with Gasteiger partial charge in [0.15, 0.2) is 0 Å². The van der Waals surface area contributed by atoms with E-state index in [0.29, 0.717) is 36.7 Å². The van der Waals surface area contributed by atoms with Crippen molar-refractivity contribution < 1.29 is 27.5 Å². The van der Waals surface area contributed by atoms with Gasteiger partial charge >= 0.3 is 6.03 Å². The average Bonchev–Trinajstić information content (AvgIpc) is 3.47. The molecule has 242 valence electrons. The fourth-order valence-electron chi connectivity index (χ4n) is 5.76. The van der Waals surface area contributed by atoms with Crippen molar-refractivity contribution in [1.29, 1.82) is 0 Å². The summed E-state index contributed by atoms with van der Waals surface area (Å²) in [7, 11) is -1.30. The van der Waals surface area contributed by atoms with E-state index < -0.39 is 16.9 Å². The summed E-state index contributed by atoms with van der Waals surface area (Å²) in [5.74, 6) is 1.41. The minimum Gasteiger partial charge on any atom is -0.494 e. The Morgan fingerprint density at radius 3 is 2.45 bits per heavy atom. The summed E-state index contributed by atoms with van der Waals surface area (Å²) in [5, 5.41) is 5.93. The van der Waals surface area contributed by atoms with Crippen LogP contribution in [0.25, 0.3) is 0 Å². The molecule has 1 saturated heterocycles. The zero-order valence-corrected chi connectivity index (χ0v) is 27.5. The first-order chi connectivity index (χ1) is 21.0. The Morgan fingerprint density at radius 2 is 1.77 bits per heavy atom. The molecule has 44 heavy (non-hydrogen) atoms. The maximum absolute atomic E-state index is 13.3. The molecule has 0 atom stereocenters. The number of nitrogens with zero attached hydrogens (tertiary/aromatic N) is 2. The Hall–Kier alpha value is -3.35. The number of carbonyl (C=O) groups excluding carboxylic acids is 2. The van der Waals surface area contributed by atoms with Crippen LogP contribution in [0.2, 0.25) is 0 Å². The summed E-state index contributed by atoms with van der Waals surface area (Å²) >= 11 is 0. The lowest BCUT2D eigenvalue weighted by Gasteiger charge is -2.34. The molecule has 0 radical (unpaired) electrons. The molecule has 3 amide bonds. The first-order valence-corrected chi connectivity index (χ1v) is 16.6. The summed E-state index contributed by atoms with van der Waals surface area (Å²) < 4.78 is 36.6.